The summed E-state index contributed by atoms with van der Waals surface area (Å²) in [6.45, 7) is 2.37. The number of carbonyl (C=O) groups is 1. The molecule has 0 aliphatic rings. The number of furan rings is 1. The minimum absolute atomic E-state index is 0.145. The molecule has 2 rings (SSSR count). The monoisotopic (exact) mass is 326 g/mol. The predicted molar refractivity (Wildman–Crippen MR) is 84.7 cm³/mol. The van der Waals surface area contributed by atoms with Crippen LogP contribution in [0.3, 0.4) is 0 Å². The normalized spacial score (nSPS) is 12.4. The van der Waals surface area contributed by atoms with Crippen LogP contribution in [0.5, 0.6) is 0 Å². The third-order valence-corrected chi connectivity index (χ3v) is 3.76. The quantitative estimate of drug-likeness (QED) is 0.901. The van der Waals surface area contributed by atoms with Gasteiger partial charge < -0.3 is 9.73 Å². The van der Waals surface area contributed by atoms with Gasteiger partial charge in [0.15, 0.2) is 0 Å². The fourth-order valence-corrected chi connectivity index (χ4v) is 2.27. The van der Waals surface area contributed by atoms with Crippen LogP contribution in [-0.2, 0) is 11.3 Å². The Morgan fingerprint density at radius 1 is 1.38 bits per heavy atom. The highest BCUT2D eigenvalue weighted by Gasteiger charge is 2.19. The molecule has 0 saturated heterocycles. The topological polar surface area (TPSA) is 45.5 Å². The zero-order valence-corrected chi connectivity index (χ0v) is 13.3. The zero-order valence-electron chi connectivity index (χ0n) is 11.8. The number of anilines is 1. The van der Waals surface area contributed by atoms with Crippen LogP contribution < -0.4 is 5.32 Å². The fraction of sp³-hybridized carbons (Fsp3) is 0.267. The summed E-state index contributed by atoms with van der Waals surface area (Å²) in [5.74, 6) is 0.662. The maximum atomic E-state index is 12.2. The first kappa shape index (κ1) is 15.9. The van der Waals surface area contributed by atoms with E-state index >= 15 is 0 Å². The second-order valence-electron chi connectivity index (χ2n) is 4.78. The lowest BCUT2D eigenvalue weighted by molar-refractivity contribution is -0.120. The Balaban J connectivity index is 1.98. The second kappa shape index (κ2) is 6.98. The third kappa shape index (κ3) is 4.24. The molecule has 0 saturated carbocycles. The number of hydrogen-bond acceptors (Lipinski definition) is 3. The third-order valence-electron chi connectivity index (χ3n) is 3.21. The van der Waals surface area contributed by atoms with E-state index in [1.54, 1.807) is 24.5 Å². The standard InChI is InChI=1S/C15H16Cl2N2O2/c1-10(19(2)9-12-4-3-7-21-12)15(20)18-14-6-5-11(16)8-13(14)17/h3-8,10H,9H2,1-2H3,(H,18,20). The molecule has 1 amide bonds. The molecule has 1 N–H and O–H groups in total. The molecular formula is C15H16Cl2N2O2. The van der Waals surface area contributed by atoms with Crippen molar-refractivity contribution in [1.29, 1.82) is 0 Å². The van der Waals surface area contributed by atoms with E-state index < -0.39 is 0 Å². The SMILES string of the molecule is CC(C(=O)Nc1ccc(Cl)cc1Cl)N(C)Cc1ccco1. The van der Waals surface area contributed by atoms with E-state index in [1.165, 1.54) is 0 Å². The number of rotatable bonds is 5. The summed E-state index contributed by atoms with van der Waals surface area (Å²) >= 11 is 11.9. The maximum absolute atomic E-state index is 12.2. The number of amides is 1. The number of nitrogens with one attached hydrogen (secondary N) is 1. The smallest absolute Gasteiger partial charge is 0.241 e. The van der Waals surface area contributed by atoms with E-state index in [-0.39, 0.29) is 11.9 Å². The van der Waals surface area contributed by atoms with Crippen LogP contribution >= 0.6 is 23.2 Å². The fourth-order valence-electron chi connectivity index (χ4n) is 1.81. The van der Waals surface area contributed by atoms with Crippen molar-refractivity contribution in [3.05, 3.63) is 52.4 Å². The molecule has 112 valence electrons. The molecule has 1 atom stereocenters. The number of benzene rings is 1. The minimum atomic E-state index is -0.332. The van der Waals surface area contributed by atoms with Gasteiger partial charge in [-0.2, -0.15) is 0 Å². The van der Waals surface area contributed by atoms with Gasteiger partial charge in [-0.1, -0.05) is 23.2 Å². The molecule has 6 heteroatoms. The van der Waals surface area contributed by atoms with Gasteiger partial charge in [0.1, 0.15) is 5.76 Å². The van der Waals surface area contributed by atoms with Gasteiger partial charge in [-0.25, -0.2) is 0 Å². The van der Waals surface area contributed by atoms with Crippen molar-refractivity contribution in [2.45, 2.75) is 19.5 Å². The highest BCUT2D eigenvalue weighted by atomic mass is 35.5. The largest absolute Gasteiger partial charge is 0.468 e. The average molecular weight is 327 g/mol. The molecule has 2 aromatic rings. The number of carbonyl (C=O) groups excluding carboxylic acids is 1. The number of hydrogen-bond donors (Lipinski definition) is 1. The van der Waals surface area contributed by atoms with Crippen LogP contribution in [0, 0.1) is 0 Å². The molecule has 21 heavy (non-hydrogen) atoms. The zero-order chi connectivity index (χ0) is 15.4. The lowest BCUT2D eigenvalue weighted by atomic mass is 10.2. The predicted octanol–water partition coefficient (Wildman–Crippen LogP) is 4.05. The van der Waals surface area contributed by atoms with Gasteiger partial charge >= 0.3 is 0 Å². The molecule has 0 aliphatic carbocycles. The summed E-state index contributed by atoms with van der Waals surface area (Å²) in [5, 5.41) is 3.74. The van der Waals surface area contributed by atoms with Crippen molar-refractivity contribution in [2.75, 3.05) is 12.4 Å². The van der Waals surface area contributed by atoms with Crippen LogP contribution in [0.15, 0.2) is 41.0 Å². The van der Waals surface area contributed by atoms with Gasteiger partial charge in [-0.05, 0) is 44.3 Å². The number of likely N-dealkylation sites (N-methyl/N-ethyl adjacent to an activating group) is 1. The lowest BCUT2D eigenvalue weighted by Gasteiger charge is -2.23. The molecule has 0 radical (unpaired) electrons. The van der Waals surface area contributed by atoms with Crippen molar-refractivity contribution < 1.29 is 9.21 Å². The first-order chi connectivity index (χ1) is 9.97. The van der Waals surface area contributed by atoms with Crippen LogP contribution in [0.25, 0.3) is 0 Å². The molecule has 0 fully saturated rings. The molecule has 0 aliphatic heterocycles. The molecule has 1 aromatic heterocycles. The van der Waals surface area contributed by atoms with Crippen LogP contribution in [0.4, 0.5) is 5.69 Å². The highest BCUT2D eigenvalue weighted by Crippen LogP contribution is 2.25. The number of halogens is 2. The molecule has 0 bridgehead atoms. The van der Waals surface area contributed by atoms with Crippen molar-refractivity contribution in [3.8, 4) is 0 Å². The van der Waals surface area contributed by atoms with E-state index in [4.69, 9.17) is 27.6 Å². The summed E-state index contributed by atoms with van der Waals surface area (Å²) in [5.41, 5.74) is 0.546. The molecule has 1 aromatic carbocycles. The molecule has 1 heterocycles. The van der Waals surface area contributed by atoms with Gasteiger partial charge in [0, 0.05) is 5.02 Å². The van der Waals surface area contributed by atoms with E-state index in [0.29, 0.717) is 22.3 Å². The van der Waals surface area contributed by atoms with Crippen LogP contribution in [0.1, 0.15) is 12.7 Å². The number of nitrogens with zero attached hydrogens (tertiary/aromatic N) is 1. The maximum Gasteiger partial charge on any atom is 0.241 e. The minimum Gasteiger partial charge on any atom is -0.468 e. The van der Waals surface area contributed by atoms with Gasteiger partial charge in [0.05, 0.1) is 29.6 Å². The van der Waals surface area contributed by atoms with E-state index in [2.05, 4.69) is 5.32 Å². The summed E-state index contributed by atoms with van der Waals surface area (Å²) in [6, 6.07) is 8.32. The van der Waals surface area contributed by atoms with E-state index in [0.717, 1.165) is 5.76 Å². The summed E-state index contributed by atoms with van der Waals surface area (Å²) < 4.78 is 5.28. The van der Waals surface area contributed by atoms with Crippen LogP contribution in [-0.4, -0.2) is 23.9 Å². The van der Waals surface area contributed by atoms with Gasteiger partial charge in [-0.3, -0.25) is 9.69 Å². The Hall–Kier alpha value is -1.49. The van der Waals surface area contributed by atoms with Gasteiger partial charge in [-0.15, -0.1) is 0 Å². The first-order valence-corrected chi connectivity index (χ1v) is 7.21. The van der Waals surface area contributed by atoms with E-state index in [9.17, 15) is 4.79 Å². The van der Waals surface area contributed by atoms with Crippen molar-refractivity contribution in [1.82, 2.24) is 4.90 Å². The lowest BCUT2D eigenvalue weighted by Crippen LogP contribution is -2.39. The molecular weight excluding hydrogens is 311 g/mol. The van der Waals surface area contributed by atoms with Gasteiger partial charge in [0.25, 0.3) is 0 Å². The van der Waals surface area contributed by atoms with Crippen LogP contribution in [0.2, 0.25) is 10.0 Å². The Bertz CT molecular complexity index is 614. The molecule has 1 unspecified atom stereocenters. The summed E-state index contributed by atoms with van der Waals surface area (Å²) in [6.07, 6.45) is 1.61. The molecule has 4 nitrogen and oxygen atoms in total. The second-order valence-corrected chi connectivity index (χ2v) is 5.63. The Morgan fingerprint density at radius 3 is 2.76 bits per heavy atom. The van der Waals surface area contributed by atoms with E-state index in [1.807, 2.05) is 31.0 Å². The molecule has 0 spiro atoms. The summed E-state index contributed by atoms with van der Waals surface area (Å²) in [4.78, 5) is 14.1. The van der Waals surface area contributed by atoms with Crippen molar-refractivity contribution in [2.24, 2.45) is 0 Å². The highest BCUT2D eigenvalue weighted by molar-refractivity contribution is 6.36. The van der Waals surface area contributed by atoms with Crippen molar-refractivity contribution in [3.63, 3.8) is 0 Å². The Kier molecular flexibility index (Phi) is 5.28. The Morgan fingerprint density at radius 2 is 2.14 bits per heavy atom. The Labute approximate surface area is 133 Å². The average Bonchev–Trinajstić information content (AvgIpc) is 2.93. The summed E-state index contributed by atoms with van der Waals surface area (Å²) in [7, 11) is 1.86. The van der Waals surface area contributed by atoms with Crippen molar-refractivity contribution >= 4 is 34.8 Å². The van der Waals surface area contributed by atoms with Gasteiger partial charge in [0.2, 0.25) is 5.91 Å². The first-order valence-electron chi connectivity index (χ1n) is 6.46.